The molecule has 3 nitrogen and oxygen atoms in total. The van der Waals surface area contributed by atoms with Crippen molar-refractivity contribution in [2.75, 3.05) is 0 Å². The van der Waals surface area contributed by atoms with Gasteiger partial charge in [0, 0.05) is 11.6 Å². The Hall–Kier alpha value is -0.420. The van der Waals surface area contributed by atoms with Gasteiger partial charge in [-0.1, -0.05) is 30.3 Å². The predicted molar refractivity (Wildman–Crippen MR) is 51.3 cm³/mol. The number of benzene rings is 1. The van der Waals surface area contributed by atoms with Gasteiger partial charge in [-0.3, -0.25) is 5.10 Å². The van der Waals surface area contributed by atoms with Crippen LogP contribution in [-0.2, 0) is 19.0 Å². The summed E-state index contributed by atoms with van der Waals surface area (Å²) in [4.78, 5) is 4.05. The second kappa shape index (κ2) is 5.46. The number of rotatable bonds is 2. The van der Waals surface area contributed by atoms with Crippen LogP contribution >= 0.6 is 0 Å². The second-order valence-corrected chi connectivity index (χ2v) is 3.11. The average Bonchev–Trinajstić information content (AvgIpc) is 2.53. The summed E-state index contributed by atoms with van der Waals surface area (Å²) < 4.78 is 0. The first-order valence-electron chi connectivity index (χ1n) is 3.97. The van der Waals surface area contributed by atoms with Gasteiger partial charge in [-0.05, 0) is 5.56 Å². The molecule has 0 spiro atoms. The summed E-state index contributed by atoms with van der Waals surface area (Å²) in [5, 5.41) is 7.06. The van der Waals surface area contributed by atoms with Crippen molar-refractivity contribution in [2.24, 2.45) is 0 Å². The van der Waals surface area contributed by atoms with Gasteiger partial charge in [0.25, 0.3) is 0 Å². The third-order valence-electron chi connectivity index (χ3n) is 1.72. The van der Waals surface area contributed by atoms with E-state index in [9.17, 15) is 0 Å². The first-order valence-corrected chi connectivity index (χ1v) is 4.37. The first-order chi connectivity index (χ1) is 6.34. The molecule has 0 aliphatic heterocycles. The minimum absolute atomic E-state index is 0. The molecule has 5 heteroatoms. The molecule has 0 aliphatic rings. The van der Waals surface area contributed by atoms with E-state index in [4.69, 9.17) is 12.6 Å². The Morgan fingerprint density at radius 3 is 2.50 bits per heavy atom. The zero-order valence-corrected chi connectivity index (χ0v) is 10.7. The third kappa shape index (κ3) is 3.06. The van der Waals surface area contributed by atoms with E-state index in [1.54, 1.807) is 0 Å². The van der Waals surface area contributed by atoms with Gasteiger partial charge in [0.2, 0.25) is 0 Å². The van der Waals surface area contributed by atoms with Crippen molar-refractivity contribution in [1.82, 2.24) is 15.2 Å². The Kier molecular flexibility index (Phi) is 4.54. The molecule has 66 valence electrons. The zero-order chi connectivity index (χ0) is 9.10. The van der Waals surface area contributed by atoms with Gasteiger partial charge < -0.3 is 12.6 Å². The molecule has 0 aliphatic carbocycles. The van der Waals surface area contributed by atoms with Crippen LogP contribution in [0.2, 0.25) is 0 Å². The third-order valence-corrected chi connectivity index (χ3v) is 1.90. The molecule has 1 heterocycles. The van der Waals surface area contributed by atoms with Crippen molar-refractivity contribution in [2.45, 2.75) is 11.6 Å². The normalized spacial score (nSPS) is 9.43. The molecule has 0 saturated carbocycles. The van der Waals surface area contributed by atoms with E-state index < -0.39 is 0 Å². The maximum absolute atomic E-state index is 4.82. The first kappa shape index (κ1) is 11.7. The van der Waals surface area contributed by atoms with Crippen LogP contribution in [0.4, 0.5) is 0 Å². The molecule has 0 saturated heterocycles. The van der Waals surface area contributed by atoms with Gasteiger partial charge in [0.15, 0.2) is 5.82 Å². The van der Waals surface area contributed by atoms with E-state index in [0.717, 1.165) is 12.2 Å². The van der Waals surface area contributed by atoms with Crippen molar-refractivity contribution in [3.05, 3.63) is 41.7 Å². The number of aromatic nitrogens is 3. The van der Waals surface area contributed by atoms with E-state index >= 15 is 0 Å². The summed E-state index contributed by atoms with van der Waals surface area (Å²) in [7, 11) is 0. The molecule has 14 heavy (non-hydrogen) atoms. The fourth-order valence-electron chi connectivity index (χ4n) is 1.14. The molecule has 0 radical (unpaired) electrons. The zero-order valence-electron chi connectivity index (χ0n) is 7.90. The van der Waals surface area contributed by atoms with E-state index in [1.807, 2.05) is 30.3 Å². The quantitative estimate of drug-likeness (QED) is 0.478. The van der Waals surface area contributed by atoms with Crippen LogP contribution < -0.4 is 29.6 Å². The molecule has 1 aromatic carbocycles. The number of nitrogens with zero attached hydrogens (tertiary/aromatic N) is 2. The molecule has 0 fully saturated rings. The van der Waals surface area contributed by atoms with Gasteiger partial charge in [-0.25, -0.2) is 4.98 Å². The minimum Gasteiger partial charge on any atom is -0.741 e. The van der Waals surface area contributed by atoms with Crippen LogP contribution in [0.5, 0.6) is 0 Å². The number of H-pyrrole nitrogens is 1. The van der Waals surface area contributed by atoms with Crippen molar-refractivity contribution in [1.29, 1.82) is 0 Å². The predicted octanol–water partition coefficient (Wildman–Crippen LogP) is -1.69. The topological polar surface area (TPSA) is 41.6 Å². The molecular weight excluding hydrogens is 205 g/mol. The van der Waals surface area contributed by atoms with Crippen LogP contribution in [-0.4, -0.2) is 15.2 Å². The summed E-state index contributed by atoms with van der Waals surface area (Å²) in [5.41, 5.74) is 1.19. The second-order valence-electron chi connectivity index (χ2n) is 2.72. The Bertz CT molecular complexity index is 388. The summed E-state index contributed by atoms with van der Waals surface area (Å²) in [6.07, 6.45) is 0.730. The minimum atomic E-state index is 0. The summed E-state index contributed by atoms with van der Waals surface area (Å²) in [5.74, 6) is 0.746. The van der Waals surface area contributed by atoms with Crippen molar-refractivity contribution in [3.8, 4) is 0 Å². The van der Waals surface area contributed by atoms with Crippen LogP contribution in [0.1, 0.15) is 11.4 Å². The molecule has 0 amide bonds. The molecule has 2 aromatic rings. The number of hydrogen-bond donors (Lipinski definition) is 1. The van der Waals surface area contributed by atoms with E-state index in [1.165, 1.54) is 5.56 Å². The number of hydrogen-bond acceptors (Lipinski definition) is 3. The van der Waals surface area contributed by atoms with Crippen LogP contribution in [0.15, 0.2) is 35.5 Å². The summed E-state index contributed by atoms with van der Waals surface area (Å²) in [6, 6.07) is 10.1. The fourth-order valence-corrected chi connectivity index (χ4v) is 1.29. The molecule has 0 unspecified atom stereocenters. The average molecular weight is 213 g/mol. The Morgan fingerprint density at radius 2 is 1.93 bits per heavy atom. The molecule has 1 N–H and O–H groups in total. The van der Waals surface area contributed by atoms with Gasteiger partial charge in [-0.2, -0.15) is 5.10 Å². The number of nitrogens with one attached hydrogen (secondary N) is 1. The van der Waals surface area contributed by atoms with Crippen molar-refractivity contribution in [3.63, 3.8) is 0 Å². The van der Waals surface area contributed by atoms with E-state index in [2.05, 4.69) is 15.2 Å². The Morgan fingerprint density at radius 1 is 1.21 bits per heavy atom. The van der Waals surface area contributed by atoms with Gasteiger partial charge in [-0.15, -0.1) is 0 Å². The maximum atomic E-state index is 4.82. The summed E-state index contributed by atoms with van der Waals surface area (Å²) >= 11 is 4.82. The van der Waals surface area contributed by atoms with Crippen LogP contribution in [0, 0.1) is 0 Å². The van der Waals surface area contributed by atoms with Gasteiger partial charge in [0.05, 0.1) is 0 Å². The van der Waals surface area contributed by atoms with Crippen molar-refractivity contribution < 1.29 is 29.6 Å². The molecule has 0 bridgehead atoms. The summed E-state index contributed by atoms with van der Waals surface area (Å²) in [6.45, 7) is 0. The monoisotopic (exact) mass is 213 g/mol. The maximum Gasteiger partial charge on any atom is 1.00 e. The molecule has 2 rings (SSSR count). The smallest absolute Gasteiger partial charge is 0.741 e. The molecule has 1 aromatic heterocycles. The largest absolute Gasteiger partial charge is 1.00 e. The van der Waals surface area contributed by atoms with Gasteiger partial charge in [0.1, 0.15) is 0 Å². The van der Waals surface area contributed by atoms with E-state index in [0.29, 0.717) is 5.16 Å². The molecular formula is C9H8N3NaS. The van der Waals surface area contributed by atoms with Crippen LogP contribution in [0.3, 0.4) is 0 Å². The van der Waals surface area contributed by atoms with Gasteiger partial charge >= 0.3 is 29.6 Å². The van der Waals surface area contributed by atoms with Crippen LogP contribution in [0.25, 0.3) is 0 Å². The Labute approximate surface area is 110 Å². The Balaban J connectivity index is 0.000000980. The number of aromatic amines is 1. The van der Waals surface area contributed by atoms with E-state index in [-0.39, 0.29) is 29.6 Å². The molecule has 0 atom stereocenters. The fraction of sp³-hybridized carbons (Fsp3) is 0.111. The standard InChI is InChI=1S/C9H9N3S.Na/c13-9-10-8(11-12-9)6-7-4-2-1-3-5-7;/h1-5H,6H2,(H2,10,11,12,13);/q;+1/p-1. The SMILES string of the molecule is [Na+].[S-]c1nc(Cc2ccccc2)n[nH]1. The van der Waals surface area contributed by atoms with Crippen molar-refractivity contribution >= 4 is 12.6 Å².